The lowest BCUT2D eigenvalue weighted by Crippen LogP contribution is -1.96. The highest BCUT2D eigenvalue weighted by atomic mass is 35.5. The molecule has 2 N–H and O–H groups in total. The Kier molecular flexibility index (Phi) is 3.31. The molecule has 0 amide bonds. The molecule has 72 valence electrons. The minimum atomic E-state index is -0.574. The van der Waals surface area contributed by atoms with Crippen LogP contribution < -0.4 is 0 Å². The molecule has 0 saturated heterocycles. The lowest BCUT2D eigenvalue weighted by atomic mass is 10.1. The summed E-state index contributed by atoms with van der Waals surface area (Å²) < 4.78 is 0. The highest BCUT2D eigenvalue weighted by Crippen LogP contribution is 2.26. The van der Waals surface area contributed by atoms with Crippen LogP contribution in [0.5, 0.6) is 0 Å². The van der Waals surface area contributed by atoms with Crippen LogP contribution in [0.2, 0.25) is 5.02 Å². The fourth-order valence-electron chi connectivity index (χ4n) is 1.14. The lowest BCUT2D eigenvalue weighted by molar-refractivity contribution is 0.195. The van der Waals surface area contributed by atoms with Crippen LogP contribution in [0.15, 0.2) is 18.2 Å². The third-order valence-electron chi connectivity index (χ3n) is 1.96. The van der Waals surface area contributed by atoms with Crippen molar-refractivity contribution in [3.63, 3.8) is 0 Å². The molecule has 0 heterocycles. The Morgan fingerprint density at radius 1 is 1.15 bits per heavy atom. The monoisotopic (exact) mass is 200 g/mol. The first kappa shape index (κ1) is 10.5. The molecule has 1 rings (SSSR count). The van der Waals surface area contributed by atoms with Crippen LogP contribution in [-0.2, 0) is 0 Å². The summed E-state index contributed by atoms with van der Waals surface area (Å²) in [7, 11) is 0. The number of aliphatic hydroxyl groups is 2. The van der Waals surface area contributed by atoms with Crippen LogP contribution in [0.3, 0.4) is 0 Å². The molecule has 0 aliphatic rings. The van der Waals surface area contributed by atoms with Gasteiger partial charge in [0.05, 0.1) is 12.2 Å². The van der Waals surface area contributed by atoms with E-state index in [4.69, 9.17) is 11.6 Å². The molecule has 2 atom stereocenters. The Morgan fingerprint density at radius 2 is 1.77 bits per heavy atom. The molecule has 2 nitrogen and oxygen atoms in total. The van der Waals surface area contributed by atoms with Gasteiger partial charge in [0.15, 0.2) is 0 Å². The smallest absolute Gasteiger partial charge is 0.0776 e. The van der Waals surface area contributed by atoms with E-state index in [1.165, 1.54) is 0 Å². The van der Waals surface area contributed by atoms with Gasteiger partial charge in [-0.2, -0.15) is 0 Å². The van der Waals surface area contributed by atoms with Gasteiger partial charge >= 0.3 is 0 Å². The first-order valence-electron chi connectivity index (χ1n) is 4.18. The summed E-state index contributed by atoms with van der Waals surface area (Å²) in [5.41, 5.74) is 1.44. The van der Waals surface area contributed by atoms with Gasteiger partial charge in [-0.05, 0) is 31.0 Å². The van der Waals surface area contributed by atoms with Crippen LogP contribution >= 0.6 is 11.6 Å². The van der Waals surface area contributed by atoms with Gasteiger partial charge in [0.25, 0.3) is 0 Å². The highest BCUT2D eigenvalue weighted by Gasteiger charge is 2.08. The van der Waals surface area contributed by atoms with E-state index < -0.39 is 12.2 Å². The highest BCUT2D eigenvalue weighted by molar-refractivity contribution is 6.31. The van der Waals surface area contributed by atoms with Gasteiger partial charge in [-0.3, -0.25) is 0 Å². The van der Waals surface area contributed by atoms with Gasteiger partial charge in [-0.15, -0.1) is 0 Å². The molecule has 0 spiro atoms. The third-order valence-corrected chi connectivity index (χ3v) is 2.28. The fourth-order valence-corrected chi connectivity index (χ4v) is 1.49. The van der Waals surface area contributed by atoms with Gasteiger partial charge in [0, 0.05) is 5.02 Å². The van der Waals surface area contributed by atoms with E-state index >= 15 is 0 Å². The second-order valence-electron chi connectivity index (χ2n) is 3.13. The standard InChI is InChI=1S/C10H13ClO2/c1-6(12)8-3-4-9(7(2)13)10(11)5-8/h3-7,12-13H,1-2H3. The quantitative estimate of drug-likeness (QED) is 0.770. The van der Waals surface area contributed by atoms with E-state index in [1.54, 1.807) is 32.0 Å². The summed E-state index contributed by atoms with van der Waals surface area (Å²) >= 11 is 5.90. The van der Waals surface area contributed by atoms with Crippen LogP contribution in [0.4, 0.5) is 0 Å². The van der Waals surface area contributed by atoms with Gasteiger partial charge in [-0.25, -0.2) is 0 Å². The predicted octanol–water partition coefficient (Wildman–Crippen LogP) is 2.45. The second kappa shape index (κ2) is 4.09. The summed E-state index contributed by atoms with van der Waals surface area (Å²) in [6.07, 6.45) is -1.10. The zero-order valence-electron chi connectivity index (χ0n) is 7.66. The van der Waals surface area contributed by atoms with Gasteiger partial charge < -0.3 is 10.2 Å². The van der Waals surface area contributed by atoms with Crippen LogP contribution in [-0.4, -0.2) is 10.2 Å². The Bertz CT molecular complexity index is 295. The molecule has 0 saturated carbocycles. The molecule has 2 unspecified atom stereocenters. The van der Waals surface area contributed by atoms with E-state index in [-0.39, 0.29) is 0 Å². The number of halogens is 1. The van der Waals surface area contributed by atoms with Crippen molar-refractivity contribution in [3.05, 3.63) is 34.3 Å². The van der Waals surface area contributed by atoms with Crippen molar-refractivity contribution in [2.24, 2.45) is 0 Å². The number of rotatable bonds is 2. The average Bonchev–Trinajstić information content (AvgIpc) is 2.03. The second-order valence-corrected chi connectivity index (χ2v) is 3.54. The largest absolute Gasteiger partial charge is 0.389 e. The molecule has 0 fully saturated rings. The number of benzene rings is 1. The fraction of sp³-hybridized carbons (Fsp3) is 0.400. The number of aliphatic hydroxyl groups excluding tert-OH is 2. The van der Waals surface area contributed by atoms with E-state index in [0.717, 1.165) is 5.56 Å². The molecule has 13 heavy (non-hydrogen) atoms. The number of hydrogen-bond donors (Lipinski definition) is 2. The molecule has 0 aliphatic carbocycles. The Morgan fingerprint density at radius 3 is 2.15 bits per heavy atom. The van der Waals surface area contributed by atoms with Crippen molar-refractivity contribution < 1.29 is 10.2 Å². The summed E-state index contributed by atoms with van der Waals surface area (Å²) in [5.74, 6) is 0. The van der Waals surface area contributed by atoms with Crippen LogP contribution in [0.25, 0.3) is 0 Å². The van der Waals surface area contributed by atoms with Crippen LogP contribution in [0.1, 0.15) is 37.2 Å². The molecule has 0 aliphatic heterocycles. The Hall–Kier alpha value is -0.570. The molecule has 1 aromatic rings. The zero-order chi connectivity index (χ0) is 10.0. The first-order valence-corrected chi connectivity index (χ1v) is 4.55. The number of hydrogen-bond acceptors (Lipinski definition) is 2. The van der Waals surface area contributed by atoms with Crippen molar-refractivity contribution in [3.8, 4) is 0 Å². The molecule has 0 aromatic heterocycles. The zero-order valence-corrected chi connectivity index (χ0v) is 8.42. The minimum Gasteiger partial charge on any atom is -0.389 e. The van der Waals surface area contributed by atoms with Crippen molar-refractivity contribution in [1.29, 1.82) is 0 Å². The third kappa shape index (κ3) is 2.44. The first-order chi connectivity index (χ1) is 6.02. The predicted molar refractivity (Wildman–Crippen MR) is 52.7 cm³/mol. The Balaban J connectivity index is 3.06. The Labute approximate surface area is 82.8 Å². The van der Waals surface area contributed by atoms with Crippen molar-refractivity contribution in [2.45, 2.75) is 26.1 Å². The van der Waals surface area contributed by atoms with E-state index in [9.17, 15) is 10.2 Å². The van der Waals surface area contributed by atoms with Crippen molar-refractivity contribution in [1.82, 2.24) is 0 Å². The maximum atomic E-state index is 9.29. The van der Waals surface area contributed by atoms with Crippen molar-refractivity contribution >= 4 is 11.6 Å². The molecule has 1 aromatic carbocycles. The van der Waals surface area contributed by atoms with Crippen LogP contribution in [0, 0.1) is 0 Å². The average molecular weight is 201 g/mol. The molecule has 3 heteroatoms. The summed E-state index contributed by atoms with van der Waals surface area (Å²) in [4.78, 5) is 0. The molecular formula is C10H13ClO2. The van der Waals surface area contributed by atoms with Gasteiger partial charge in [0.1, 0.15) is 0 Å². The molecule has 0 radical (unpaired) electrons. The lowest BCUT2D eigenvalue weighted by Gasteiger charge is -2.10. The van der Waals surface area contributed by atoms with Gasteiger partial charge in [0.2, 0.25) is 0 Å². The summed E-state index contributed by atoms with van der Waals surface area (Å²) in [6, 6.07) is 5.17. The maximum Gasteiger partial charge on any atom is 0.0776 e. The summed E-state index contributed by atoms with van der Waals surface area (Å²) in [6.45, 7) is 3.33. The van der Waals surface area contributed by atoms with E-state index in [2.05, 4.69) is 0 Å². The van der Waals surface area contributed by atoms with Gasteiger partial charge in [-0.1, -0.05) is 23.7 Å². The summed E-state index contributed by atoms with van der Waals surface area (Å²) in [5, 5.41) is 19.0. The normalized spacial score (nSPS) is 15.5. The SMILES string of the molecule is CC(O)c1ccc(C(C)O)c(Cl)c1. The minimum absolute atomic E-state index is 0.494. The topological polar surface area (TPSA) is 40.5 Å². The van der Waals surface area contributed by atoms with E-state index in [1.807, 2.05) is 0 Å². The maximum absolute atomic E-state index is 9.29. The van der Waals surface area contributed by atoms with Crippen molar-refractivity contribution in [2.75, 3.05) is 0 Å². The molecule has 0 bridgehead atoms. The molecular weight excluding hydrogens is 188 g/mol. The van der Waals surface area contributed by atoms with E-state index in [0.29, 0.717) is 10.6 Å².